The van der Waals surface area contributed by atoms with Gasteiger partial charge in [-0.2, -0.15) is 0 Å². The largest absolute Gasteiger partial charge is 0.452 e. The third-order valence-electron chi connectivity index (χ3n) is 8.88. The molecule has 0 saturated carbocycles. The molecule has 4 heterocycles. The van der Waals surface area contributed by atoms with Crippen LogP contribution in [0.3, 0.4) is 0 Å². The molecule has 1 aromatic carbocycles. The van der Waals surface area contributed by atoms with Gasteiger partial charge < -0.3 is 20.1 Å². The van der Waals surface area contributed by atoms with Crippen LogP contribution in [0.1, 0.15) is 78.1 Å². The van der Waals surface area contributed by atoms with Gasteiger partial charge in [0.05, 0.1) is 35.4 Å². The van der Waals surface area contributed by atoms with Crippen molar-refractivity contribution in [2.45, 2.75) is 90.6 Å². The summed E-state index contributed by atoms with van der Waals surface area (Å²) in [6.45, 7) is 11.6. The first kappa shape index (κ1) is 32.6. The van der Waals surface area contributed by atoms with Crippen molar-refractivity contribution in [2.24, 2.45) is 17.8 Å². The molecule has 11 nitrogen and oxygen atoms in total. The van der Waals surface area contributed by atoms with Crippen LogP contribution in [0.4, 0.5) is 0 Å². The molecule has 45 heavy (non-hydrogen) atoms. The fraction of sp³-hybridized carbons (Fsp3) is 0.559. The number of carbonyl (C=O) groups excluding carboxylic acids is 4. The van der Waals surface area contributed by atoms with Gasteiger partial charge in [0, 0.05) is 11.9 Å². The summed E-state index contributed by atoms with van der Waals surface area (Å²) in [4.78, 5) is 58.5. The Balaban J connectivity index is 1.50. The number of nitrogens with one attached hydrogen (secondary N) is 3. The van der Waals surface area contributed by atoms with Crippen LogP contribution in [0.25, 0.3) is 17.0 Å². The second-order valence-electron chi connectivity index (χ2n) is 13.5. The number of cyclic esters (lactones) is 1. The van der Waals surface area contributed by atoms with Crippen LogP contribution in [0.15, 0.2) is 36.4 Å². The summed E-state index contributed by atoms with van der Waals surface area (Å²) in [6, 6.07) is 7.97. The Labute approximate surface area is 264 Å². The van der Waals surface area contributed by atoms with Crippen LogP contribution in [-0.2, 0) is 28.7 Å². The van der Waals surface area contributed by atoms with E-state index in [1.165, 1.54) is 5.01 Å². The average molecular weight is 620 g/mol. The van der Waals surface area contributed by atoms with Gasteiger partial charge in [0.25, 0.3) is 11.8 Å². The Bertz CT molecular complexity index is 1490. The average Bonchev–Trinajstić information content (AvgIpc) is 3.00. The second-order valence-corrected chi connectivity index (χ2v) is 13.5. The van der Waals surface area contributed by atoms with Gasteiger partial charge in [-0.05, 0) is 76.5 Å². The number of benzene rings is 1. The molecule has 242 valence electrons. The van der Waals surface area contributed by atoms with Crippen molar-refractivity contribution in [2.75, 3.05) is 13.2 Å². The standard InChI is InChI=1S/C34H45N5O6/c1-19(2)29-31(41)36-21(4)32(42)39-15-7-8-27(38-39)30(40)35-20(3)26-14-13-23-11-9-22(16-28(23)37-26)10-12-24-17-34(5,6)44-18-25(24)33(43)45-29/h9-14,16,19-21,24-25,27,29,38H,7-8,15,17-18H2,1-6H3,(H,35,40)(H,36,41)/b12-10+/t20-,21+,24-,25?,27+,29+/m1/s1. The van der Waals surface area contributed by atoms with Crippen LogP contribution in [0, 0.1) is 17.8 Å². The van der Waals surface area contributed by atoms with Gasteiger partial charge in [-0.1, -0.05) is 44.2 Å². The normalized spacial score (nSPS) is 30.6. The van der Waals surface area contributed by atoms with Crippen LogP contribution in [0.2, 0.25) is 0 Å². The lowest BCUT2D eigenvalue weighted by atomic mass is 9.80. The van der Waals surface area contributed by atoms with E-state index in [4.69, 9.17) is 14.5 Å². The molecule has 3 N–H and O–H groups in total. The molecule has 11 heteroatoms. The van der Waals surface area contributed by atoms with E-state index in [-0.39, 0.29) is 36.3 Å². The summed E-state index contributed by atoms with van der Waals surface area (Å²) >= 11 is 0. The quantitative estimate of drug-likeness (QED) is 0.413. The number of esters is 1. The number of rotatable bonds is 1. The van der Waals surface area contributed by atoms with Crippen LogP contribution >= 0.6 is 0 Å². The highest BCUT2D eigenvalue weighted by Crippen LogP contribution is 2.35. The molecule has 1 aromatic heterocycles. The number of allylic oxidation sites excluding steroid dienone is 1. The van der Waals surface area contributed by atoms with Crippen molar-refractivity contribution in [1.29, 1.82) is 0 Å². The molecule has 6 atom stereocenters. The Hall–Kier alpha value is -3.83. The molecule has 0 radical (unpaired) electrons. The Morgan fingerprint density at radius 2 is 1.73 bits per heavy atom. The molecule has 5 rings (SSSR count). The highest BCUT2D eigenvalue weighted by molar-refractivity contribution is 5.91. The predicted molar refractivity (Wildman–Crippen MR) is 169 cm³/mol. The Morgan fingerprint density at radius 1 is 1.00 bits per heavy atom. The second kappa shape index (κ2) is 13.3. The molecular weight excluding hydrogens is 574 g/mol. The third kappa shape index (κ3) is 7.53. The number of aromatic nitrogens is 1. The van der Waals surface area contributed by atoms with Crippen molar-refractivity contribution >= 4 is 40.7 Å². The third-order valence-corrected chi connectivity index (χ3v) is 8.88. The smallest absolute Gasteiger partial charge is 0.312 e. The number of fused-ring (bicyclic) bond motifs is 5. The van der Waals surface area contributed by atoms with Gasteiger partial charge in [0.1, 0.15) is 12.1 Å². The van der Waals surface area contributed by atoms with E-state index in [0.717, 1.165) is 16.5 Å². The lowest BCUT2D eigenvalue weighted by molar-refractivity contribution is -0.174. The highest BCUT2D eigenvalue weighted by atomic mass is 16.6. The zero-order valence-electron chi connectivity index (χ0n) is 27.0. The maximum Gasteiger partial charge on any atom is 0.312 e. The molecule has 2 aromatic rings. The van der Waals surface area contributed by atoms with Crippen molar-refractivity contribution in [3.05, 3.63) is 47.7 Å². The van der Waals surface area contributed by atoms with Gasteiger partial charge in [-0.3, -0.25) is 29.2 Å². The first-order chi connectivity index (χ1) is 21.3. The molecule has 3 amide bonds. The monoisotopic (exact) mass is 619 g/mol. The molecule has 3 aliphatic rings. The number of nitrogens with zero attached hydrogens (tertiary/aromatic N) is 2. The van der Waals surface area contributed by atoms with Crippen molar-refractivity contribution in [3.63, 3.8) is 0 Å². The number of hydrazine groups is 1. The zero-order chi connectivity index (χ0) is 32.5. The Morgan fingerprint density at radius 3 is 2.49 bits per heavy atom. The highest BCUT2D eigenvalue weighted by Gasteiger charge is 2.41. The summed E-state index contributed by atoms with van der Waals surface area (Å²) in [5.41, 5.74) is 5.02. The van der Waals surface area contributed by atoms with E-state index in [0.29, 0.717) is 31.5 Å². The summed E-state index contributed by atoms with van der Waals surface area (Å²) in [6.07, 6.45) is 4.66. The van der Waals surface area contributed by atoms with Crippen molar-refractivity contribution < 1.29 is 28.7 Å². The van der Waals surface area contributed by atoms with E-state index in [2.05, 4.69) is 16.1 Å². The summed E-state index contributed by atoms with van der Waals surface area (Å²) < 4.78 is 11.9. The molecular formula is C34H45N5O6. The van der Waals surface area contributed by atoms with Crippen LogP contribution in [-0.4, -0.2) is 70.6 Å². The lowest BCUT2D eigenvalue weighted by Gasteiger charge is -2.39. The van der Waals surface area contributed by atoms with Gasteiger partial charge in [-0.25, -0.2) is 5.43 Å². The summed E-state index contributed by atoms with van der Waals surface area (Å²) in [7, 11) is 0. The molecule has 0 aliphatic carbocycles. The maximum atomic E-state index is 13.6. The van der Waals surface area contributed by atoms with Crippen LogP contribution in [0.5, 0.6) is 0 Å². The molecule has 5 bridgehead atoms. The number of hydrogen-bond acceptors (Lipinski definition) is 8. The number of hydrogen-bond donors (Lipinski definition) is 3. The van der Waals surface area contributed by atoms with E-state index in [9.17, 15) is 19.2 Å². The SMILES string of the molecule is CC(C)[C@@H]1OC(=O)C2COC(C)(C)C[C@H]2/C=C/c2ccc3ccc(nc3c2)[C@@H](C)NC(=O)[C@@H]2CCCN(N2)C(=O)[C@H](C)NC1=O. The molecule has 2 fully saturated rings. The van der Waals surface area contributed by atoms with E-state index in [1.54, 1.807) is 20.8 Å². The zero-order valence-corrected chi connectivity index (χ0v) is 27.0. The summed E-state index contributed by atoms with van der Waals surface area (Å²) in [5.74, 6) is -2.82. The fourth-order valence-electron chi connectivity index (χ4n) is 6.20. The molecule has 1 unspecified atom stereocenters. The first-order valence-corrected chi connectivity index (χ1v) is 15.9. The van der Waals surface area contributed by atoms with Crippen molar-refractivity contribution in [3.8, 4) is 0 Å². The van der Waals surface area contributed by atoms with E-state index >= 15 is 0 Å². The van der Waals surface area contributed by atoms with Crippen molar-refractivity contribution in [1.82, 2.24) is 26.1 Å². The number of carbonyl (C=O) groups is 4. The first-order valence-electron chi connectivity index (χ1n) is 15.9. The predicted octanol–water partition coefficient (Wildman–Crippen LogP) is 3.44. The van der Waals surface area contributed by atoms with Crippen LogP contribution < -0.4 is 16.1 Å². The number of ether oxygens (including phenoxy) is 2. The van der Waals surface area contributed by atoms with E-state index < -0.39 is 41.6 Å². The van der Waals surface area contributed by atoms with Gasteiger partial charge >= 0.3 is 5.97 Å². The Kier molecular flexibility index (Phi) is 9.60. The van der Waals surface area contributed by atoms with Gasteiger partial charge in [0.2, 0.25) is 5.91 Å². The minimum absolute atomic E-state index is 0.163. The number of amides is 3. The molecule has 2 saturated heterocycles. The molecule has 0 spiro atoms. The lowest BCUT2D eigenvalue weighted by Crippen LogP contribution is -2.61. The fourth-order valence-corrected chi connectivity index (χ4v) is 6.20. The topological polar surface area (TPSA) is 139 Å². The summed E-state index contributed by atoms with van der Waals surface area (Å²) in [5, 5.41) is 8.13. The van der Waals surface area contributed by atoms with Gasteiger partial charge in [-0.15, -0.1) is 0 Å². The maximum absolute atomic E-state index is 13.6. The molecule has 3 aliphatic heterocycles. The minimum atomic E-state index is -1.10. The minimum Gasteiger partial charge on any atom is -0.452 e. The van der Waals surface area contributed by atoms with Gasteiger partial charge in [0.15, 0.2) is 6.10 Å². The van der Waals surface area contributed by atoms with E-state index in [1.807, 2.05) is 63.3 Å². The number of pyridine rings is 1.